The van der Waals surface area contributed by atoms with Crippen molar-refractivity contribution in [2.24, 2.45) is 5.92 Å². The van der Waals surface area contributed by atoms with Crippen LogP contribution >= 0.6 is 0 Å². The van der Waals surface area contributed by atoms with Crippen LogP contribution in [0.2, 0.25) is 0 Å². The molecule has 1 unspecified atom stereocenters. The summed E-state index contributed by atoms with van der Waals surface area (Å²) in [6.07, 6.45) is 2.94. The van der Waals surface area contributed by atoms with Crippen LogP contribution in [0.5, 0.6) is 0 Å². The molecule has 6 heteroatoms. The second-order valence-corrected chi connectivity index (χ2v) is 7.86. The van der Waals surface area contributed by atoms with Crippen molar-refractivity contribution in [2.45, 2.75) is 52.1 Å². The summed E-state index contributed by atoms with van der Waals surface area (Å²) in [7, 11) is 0. The Balaban J connectivity index is 1.57. The third-order valence-corrected chi connectivity index (χ3v) is 5.30. The highest BCUT2D eigenvalue weighted by atomic mass is 16.2. The van der Waals surface area contributed by atoms with Crippen molar-refractivity contribution in [3.63, 3.8) is 0 Å². The van der Waals surface area contributed by atoms with Crippen LogP contribution < -0.4 is 5.32 Å². The first-order valence-electron chi connectivity index (χ1n) is 9.91. The molecule has 146 valence electrons. The van der Waals surface area contributed by atoms with Crippen molar-refractivity contribution in [1.82, 2.24) is 15.1 Å². The molecule has 3 rings (SSSR count). The van der Waals surface area contributed by atoms with Gasteiger partial charge in [-0.15, -0.1) is 0 Å². The molecule has 2 aliphatic heterocycles. The van der Waals surface area contributed by atoms with Gasteiger partial charge in [-0.3, -0.25) is 14.4 Å². The molecule has 1 aromatic carbocycles. The number of fused-ring (bicyclic) bond motifs is 1. The molecule has 1 fully saturated rings. The molecule has 0 saturated carbocycles. The lowest BCUT2D eigenvalue weighted by Gasteiger charge is -2.28. The predicted molar refractivity (Wildman–Crippen MR) is 103 cm³/mol. The lowest BCUT2D eigenvalue weighted by Crippen LogP contribution is -2.48. The predicted octanol–water partition coefficient (Wildman–Crippen LogP) is 2.19. The topological polar surface area (TPSA) is 69.7 Å². The lowest BCUT2D eigenvalue weighted by molar-refractivity contribution is -0.127. The molecule has 6 nitrogen and oxygen atoms in total. The van der Waals surface area contributed by atoms with Gasteiger partial charge in [-0.25, -0.2) is 0 Å². The van der Waals surface area contributed by atoms with E-state index in [4.69, 9.17) is 0 Å². The van der Waals surface area contributed by atoms with E-state index in [-0.39, 0.29) is 17.7 Å². The van der Waals surface area contributed by atoms with Gasteiger partial charge in [0.25, 0.3) is 5.91 Å². The quantitative estimate of drug-likeness (QED) is 0.712. The maximum absolute atomic E-state index is 12.8. The Kier molecular flexibility index (Phi) is 6.14. The van der Waals surface area contributed by atoms with E-state index in [2.05, 4.69) is 19.2 Å². The number of amides is 3. The first-order chi connectivity index (χ1) is 13.0. The average molecular weight is 371 g/mol. The van der Waals surface area contributed by atoms with Crippen LogP contribution in [-0.4, -0.2) is 53.2 Å². The van der Waals surface area contributed by atoms with E-state index in [9.17, 15) is 14.4 Å². The Hall–Kier alpha value is -2.37. The number of nitrogens with zero attached hydrogens (tertiary/aromatic N) is 2. The minimum Gasteiger partial charge on any atom is -0.354 e. The van der Waals surface area contributed by atoms with Gasteiger partial charge in [0.1, 0.15) is 6.04 Å². The van der Waals surface area contributed by atoms with Gasteiger partial charge in [0.15, 0.2) is 0 Å². The standard InChI is InChI=1S/C21H29N3O3/c1-15(2)13-18(24-14-16-7-3-4-8-17(16)21(24)27)20(26)22-10-6-12-23-11-5-9-19(23)25/h3-4,7-8,15,18H,5-6,9-14H2,1-2H3,(H,22,26). The summed E-state index contributed by atoms with van der Waals surface area (Å²) >= 11 is 0. The van der Waals surface area contributed by atoms with Crippen molar-refractivity contribution in [3.05, 3.63) is 35.4 Å². The van der Waals surface area contributed by atoms with Gasteiger partial charge in [0.05, 0.1) is 0 Å². The Morgan fingerprint density at radius 2 is 2.00 bits per heavy atom. The smallest absolute Gasteiger partial charge is 0.255 e. The van der Waals surface area contributed by atoms with Crippen LogP contribution in [0.1, 0.15) is 55.5 Å². The van der Waals surface area contributed by atoms with E-state index in [1.54, 1.807) is 4.90 Å². The maximum atomic E-state index is 12.8. The Labute approximate surface area is 160 Å². The highest BCUT2D eigenvalue weighted by Gasteiger charge is 2.36. The van der Waals surface area contributed by atoms with Gasteiger partial charge in [-0.2, -0.15) is 0 Å². The molecule has 1 N–H and O–H groups in total. The van der Waals surface area contributed by atoms with Gasteiger partial charge < -0.3 is 15.1 Å². The third kappa shape index (κ3) is 4.49. The maximum Gasteiger partial charge on any atom is 0.255 e. The summed E-state index contributed by atoms with van der Waals surface area (Å²) in [4.78, 5) is 40.8. The summed E-state index contributed by atoms with van der Waals surface area (Å²) in [5, 5.41) is 2.98. The van der Waals surface area contributed by atoms with Crippen LogP contribution in [0.4, 0.5) is 0 Å². The summed E-state index contributed by atoms with van der Waals surface area (Å²) in [6.45, 7) is 6.64. The van der Waals surface area contributed by atoms with E-state index in [0.717, 1.165) is 24.9 Å². The molecule has 0 bridgehead atoms. The molecule has 27 heavy (non-hydrogen) atoms. The fourth-order valence-corrected chi connectivity index (χ4v) is 3.89. The molecule has 0 spiro atoms. The molecular formula is C21H29N3O3. The number of nitrogens with one attached hydrogen (secondary N) is 1. The summed E-state index contributed by atoms with van der Waals surface area (Å²) in [5.41, 5.74) is 1.68. The molecule has 1 saturated heterocycles. The molecule has 3 amide bonds. The number of benzene rings is 1. The molecule has 1 aromatic rings. The summed E-state index contributed by atoms with van der Waals surface area (Å²) < 4.78 is 0. The number of carbonyl (C=O) groups is 3. The number of rotatable bonds is 8. The number of likely N-dealkylation sites (tertiary alicyclic amines) is 1. The lowest BCUT2D eigenvalue weighted by atomic mass is 10.0. The van der Waals surface area contributed by atoms with Gasteiger partial charge >= 0.3 is 0 Å². The van der Waals surface area contributed by atoms with Gasteiger partial charge in [-0.1, -0.05) is 32.0 Å². The minimum absolute atomic E-state index is 0.0611. The molecule has 0 radical (unpaired) electrons. The second kappa shape index (κ2) is 8.55. The van der Waals surface area contributed by atoms with Crippen molar-refractivity contribution in [2.75, 3.05) is 19.6 Å². The molecule has 1 atom stereocenters. The monoisotopic (exact) mass is 371 g/mol. The average Bonchev–Trinajstić information content (AvgIpc) is 3.20. The largest absolute Gasteiger partial charge is 0.354 e. The zero-order chi connectivity index (χ0) is 19.4. The normalized spacial score (nSPS) is 17.6. The SMILES string of the molecule is CC(C)CC(C(=O)NCCCN1CCCC1=O)N1Cc2ccccc2C1=O. The van der Waals surface area contributed by atoms with E-state index < -0.39 is 6.04 Å². The van der Waals surface area contributed by atoms with Crippen molar-refractivity contribution in [1.29, 1.82) is 0 Å². The molecule has 2 heterocycles. The van der Waals surface area contributed by atoms with Crippen molar-refractivity contribution >= 4 is 17.7 Å². The zero-order valence-corrected chi connectivity index (χ0v) is 16.2. The van der Waals surface area contributed by atoms with Crippen LogP contribution in [-0.2, 0) is 16.1 Å². The Morgan fingerprint density at radius 3 is 2.67 bits per heavy atom. The molecule has 0 aliphatic carbocycles. The highest BCUT2D eigenvalue weighted by molar-refractivity contribution is 6.01. The fraction of sp³-hybridized carbons (Fsp3) is 0.571. The van der Waals surface area contributed by atoms with Crippen LogP contribution in [0, 0.1) is 5.92 Å². The molecule has 0 aromatic heterocycles. The van der Waals surface area contributed by atoms with Crippen LogP contribution in [0.15, 0.2) is 24.3 Å². The van der Waals surface area contributed by atoms with Gasteiger partial charge in [-0.05, 0) is 36.8 Å². The van der Waals surface area contributed by atoms with Gasteiger partial charge in [0, 0.05) is 38.2 Å². The first-order valence-corrected chi connectivity index (χ1v) is 9.91. The van der Waals surface area contributed by atoms with E-state index >= 15 is 0 Å². The van der Waals surface area contributed by atoms with E-state index in [0.29, 0.717) is 44.0 Å². The number of hydrogen-bond acceptors (Lipinski definition) is 3. The first kappa shape index (κ1) is 19.4. The molecular weight excluding hydrogens is 342 g/mol. The summed E-state index contributed by atoms with van der Waals surface area (Å²) in [5.74, 6) is 0.352. The summed E-state index contributed by atoms with van der Waals surface area (Å²) in [6, 6.07) is 7.10. The number of hydrogen-bond donors (Lipinski definition) is 1. The van der Waals surface area contributed by atoms with E-state index in [1.807, 2.05) is 29.2 Å². The third-order valence-electron chi connectivity index (χ3n) is 5.30. The second-order valence-electron chi connectivity index (χ2n) is 7.86. The van der Waals surface area contributed by atoms with Crippen molar-refractivity contribution < 1.29 is 14.4 Å². The van der Waals surface area contributed by atoms with Crippen LogP contribution in [0.25, 0.3) is 0 Å². The fourth-order valence-electron chi connectivity index (χ4n) is 3.89. The number of carbonyl (C=O) groups excluding carboxylic acids is 3. The Bertz CT molecular complexity index is 716. The Morgan fingerprint density at radius 1 is 1.22 bits per heavy atom. The van der Waals surface area contributed by atoms with E-state index in [1.165, 1.54) is 0 Å². The highest BCUT2D eigenvalue weighted by Crippen LogP contribution is 2.26. The van der Waals surface area contributed by atoms with Crippen molar-refractivity contribution in [3.8, 4) is 0 Å². The van der Waals surface area contributed by atoms with Crippen LogP contribution in [0.3, 0.4) is 0 Å². The molecule has 2 aliphatic rings. The zero-order valence-electron chi connectivity index (χ0n) is 16.2. The van der Waals surface area contributed by atoms with Gasteiger partial charge in [0.2, 0.25) is 11.8 Å². The minimum atomic E-state index is -0.460.